The Labute approximate surface area is 124 Å². The first kappa shape index (κ1) is 15.4. The fraction of sp³-hybridized carbons (Fsp3) is 0.500. The first-order valence-corrected chi connectivity index (χ1v) is 7.18. The third-order valence-corrected chi connectivity index (χ3v) is 3.87. The summed E-state index contributed by atoms with van der Waals surface area (Å²) < 4.78 is 5.64. The van der Waals surface area contributed by atoms with Crippen molar-refractivity contribution in [2.75, 3.05) is 19.7 Å². The number of amides is 1. The standard InChI is InChI=1S/C16H21NO4/c1-11-5-3-6-12(2)15(11)21-10-14(18)17-8-4-7-13(9-17)16(19)20/h3,5-6,13H,4,7-10H2,1-2H3,(H,19,20). The molecule has 21 heavy (non-hydrogen) atoms. The molecule has 0 aromatic heterocycles. The van der Waals surface area contributed by atoms with Crippen molar-refractivity contribution in [1.82, 2.24) is 4.90 Å². The predicted octanol–water partition coefficient (Wildman–Crippen LogP) is 2.01. The minimum Gasteiger partial charge on any atom is -0.483 e. The first-order valence-electron chi connectivity index (χ1n) is 7.18. The highest BCUT2D eigenvalue weighted by atomic mass is 16.5. The molecule has 1 N–H and O–H groups in total. The fourth-order valence-corrected chi connectivity index (χ4v) is 2.66. The molecular weight excluding hydrogens is 270 g/mol. The summed E-state index contributed by atoms with van der Waals surface area (Å²) >= 11 is 0. The van der Waals surface area contributed by atoms with E-state index in [0.29, 0.717) is 13.0 Å². The van der Waals surface area contributed by atoms with Crippen LogP contribution in [0, 0.1) is 19.8 Å². The van der Waals surface area contributed by atoms with Gasteiger partial charge in [-0.1, -0.05) is 18.2 Å². The third-order valence-electron chi connectivity index (χ3n) is 3.87. The van der Waals surface area contributed by atoms with E-state index in [1.165, 1.54) is 0 Å². The van der Waals surface area contributed by atoms with Crippen LogP contribution in [0.2, 0.25) is 0 Å². The molecule has 1 saturated heterocycles. The number of aryl methyl sites for hydroxylation is 2. The van der Waals surface area contributed by atoms with E-state index in [1.54, 1.807) is 4.90 Å². The number of hydrogen-bond donors (Lipinski definition) is 1. The molecule has 0 bridgehead atoms. The molecule has 1 unspecified atom stereocenters. The van der Waals surface area contributed by atoms with E-state index in [0.717, 1.165) is 23.3 Å². The normalized spacial score (nSPS) is 18.4. The molecule has 1 amide bonds. The Bertz CT molecular complexity index is 521. The highest BCUT2D eigenvalue weighted by Gasteiger charge is 2.28. The molecule has 1 heterocycles. The van der Waals surface area contributed by atoms with E-state index in [4.69, 9.17) is 9.84 Å². The topological polar surface area (TPSA) is 66.8 Å². The lowest BCUT2D eigenvalue weighted by Crippen LogP contribution is -2.44. The Balaban J connectivity index is 1.94. The lowest BCUT2D eigenvalue weighted by atomic mass is 9.98. The number of aliphatic carboxylic acids is 1. The Morgan fingerprint density at radius 1 is 1.33 bits per heavy atom. The van der Waals surface area contributed by atoms with Gasteiger partial charge < -0.3 is 14.7 Å². The van der Waals surface area contributed by atoms with Gasteiger partial charge in [0.1, 0.15) is 5.75 Å². The molecule has 5 nitrogen and oxygen atoms in total. The number of carboxylic acids is 1. The summed E-state index contributed by atoms with van der Waals surface area (Å²) in [6, 6.07) is 5.82. The molecule has 0 spiro atoms. The maximum absolute atomic E-state index is 12.2. The van der Waals surface area contributed by atoms with Gasteiger partial charge in [-0.2, -0.15) is 0 Å². The number of likely N-dealkylation sites (tertiary alicyclic amines) is 1. The SMILES string of the molecule is Cc1cccc(C)c1OCC(=O)N1CCCC(C(=O)O)C1. The number of ether oxygens (including phenoxy) is 1. The van der Waals surface area contributed by atoms with Crippen LogP contribution in [0.5, 0.6) is 5.75 Å². The molecular formula is C16H21NO4. The van der Waals surface area contributed by atoms with E-state index < -0.39 is 11.9 Å². The molecule has 114 valence electrons. The number of benzene rings is 1. The zero-order valence-electron chi connectivity index (χ0n) is 12.5. The largest absolute Gasteiger partial charge is 0.483 e. The van der Waals surface area contributed by atoms with Crippen molar-refractivity contribution in [2.24, 2.45) is 5.92 Å². The molecule has 0 aliphatic carbocycles. The number of carbonyl (C=O) groups is 2. The fourth-order valence-electron chi connectivity index (χ4n) is 2.66. The van der Waals surface area contributed by atoms with Gasteiger partial charge in [0.15, 0.2) is 6.61 Å². The monoisotopic (exact) mass is 291 g/mol. The summed E-state index contributed by atoms with van der Waals surface area (Å²) in [6.45, 7) is 4.73. The van der Waals surface area contributed by atoms with Crippen LogP contribution in [0.15, 0.2) is 18.2 Å². The molecule has 0 saturated carbocycles. The highest BCUT2D eigenvalue weighted by molar-refractivity contribution is 5.79. The van der Waals surface area contributed by atoms with E-state index in [9.17, 15) is 9.59 Å². The minimum absolute atomic E-state index is 0.0436. The van der Waals surface area contributed by atoms with Gasteiger partial charge in [0.05, 0.1) is 5.92 Å². The molecule has 1 aromatic carbocycles. The average Bonchev–Trinajstić information content (AvgIpc) is 2.46. The van der Waals surface area contributed by atoms with Gasteiger partial charge in [-0.3, -0.25) is 9.59 Å². The number of carboxylic acid groups (broad SMARTS) is 1. The molecule has 1 atom stereocenters. The van der Waals surface area contributed by atoms with Crippen molar-refractivity contribution >= 4 is 11.9 Å². The van der Waals surface area contributed by atoms with E-state index in [2.05, 4.69) is 0 Å². The highest BCUT2D eigenvalue weighted by Crippen LogP contribution is 2.23. The van der Waals surface area contributed by atoms with Gasteiger partial charge in [-0.15, -0.1) is 0 Å². The zero-order chi connectivity index (χ0) is 15.4. The minimum atomic E-state index is -0.830. The van der Waals surface area contributed by atoms with Crippen LogP contribution in [-0.4, -0.2) is 41.6 Å². The van der Waals surface area contributed by atoms with Crippen LogP contribution >= 0.6 is 0 Å². The number of carbonyl (C=O) groups excluding carboxylic acids is 1. The van der Waals surface area contributed by atoms with Crippen molar-refractivity contribution in [3.63, 3.8) is 0 Å². The van der Waals surface area contributed by atoms with Gasteiger partial charge in [-0.25, -0.2) is 0 Å². The van der Waals surface area contributed by atoms with Crippen LogP contribution < -0.4 is 4.74 Å². The Morgan fingerprint density at radius 2 is 2.00 bits per heavy atom. The number of para-hydroxylation sites is 1. The second-order valence-electron chi connectivity index (χ2n) is 5.53. The molecule has 1 aliphatic rings. The lowest BCUT2D eigenvalue weighted by molar-refractivity contribution is -0.146. The predicted molar refractivity (Wildman–Crippen MR) is 78.4 cm³/mol. The molecule has 1 aromatic rings. The Morgan fingerprint density at radius 3 is 2.62 bits per heavy atom. The number of hydrogen-bond acceptors (Lipinski definition) is 3. The first-order chi connectivity index (χ1) is 9.99. The Hall–Kier alpha value is -2.04. The summed E-state index contributed by atoms with van der Waals surface area (Å²) in [5, 5.41) is 9.05. The second-order valence-corrected chi connectivity index (χ2v) is 5.53. The molecule has 0 radical (unpaired) electrons. The van der Waals surface area contributed by atoms with Gasteiger partial charge in [0.2, 0.25) is 0 Å². The molecule has 2 rings (SSSR count). The van der Waals surface area contributed by atoms with E-state index in [-0.39, 0.29) is 19.1 Å². The number of nitrogens with zero attached hydrogens (tertiary/aromatic N) is 1. The summed E-state index contributed by atoms with van der Waals surface area (Å²) in [6.07, 6.45) is 1.36. The van der Waals surface area contributed by atoms with Crippen LogP contribution in [0.1, 0.15) is 24.0 Å². The van der Waals surface area contributed by atoms with Crippen molar-refractivity contribution in [2.45, 2.75) is 26.7 Å². The summed E-state index contributed by atoms with van der Waals surface area (Å²) in [5.41, 5.74) is 1.98. The number of rotatable bonds is 4. The average molecular weight is 291 g/mol. The quantitative estimate of drug-likeness (QED) is 0.921. The maximum Gasteiger partial charge on any atom is 0.308 e. The maximum atomic E-state index is 12.2. The van der Waals surface area contributed by atoms with Crippen molar-refractivity contribution in [1.29, 1.82) is 0 Å². The summed E-state index contributed by atoms with van der Waals surface area (Å²) in [5.74, 6) is -0.702. The van der Waals surface area contributed by atoms with Crippen LogP contribution in [0.25, 0.3) is 0 Å². The van der Waals surface area contributed by atoms with Gasteiger partial charge in [0.25, 0.3) is 5.91 Å². The number of piperidine rings is 1. The van der Waals surface area contributed by atoms with E-state index >= 15 is 0 Å². The molecule has 5 heteroatoms. The van der Waals surface area contributed by atoms with E-state index in [1.807, 2.05) is 32.0 Å². The zero-order valence-corrected chi connectivity index (χ0v) is 12.5. The summed E-state index contributed by atoms with van der Waals surface area (Å²) in [7, 11) is 0. The van der Waals surface area contributed by atoms with Crippen LogP contribution in [0.4, 0.5) is 0 Å². The van der Waals surface area contributed by atoms with Crippen LogP contribution in [-0.2, 0) is 9.59 Å². The second kappa shape index (κ2) is 6.61. The van der Waals surface area contributed by atoms with Crippen molar-refractivity contribution in [3.8, 4) is 5.75 Å². The summed E-state index contributed by atoms with van der Waals surface area (Å²) in [4.78, 5) is 24.8. The van der Waals surface area contributed by atoms with Gasteiger partial charge >= 0.3 is 5.97 Å². The van der Waals surface area contributed by atoms with Gasteiger partial charge in [0, 0.05) is 13.1 Å². The third kappa shape index (κ3) is 3.74. The Kier molecular flexibility index (Phi) is 4.83. The van der Waals surface area contributed by atoms with Gasteiger partial charge in [-0.05, 0) is 37.8 Å². The smallest absolute Gasteiger partial charge is 0.308 e. The van der Waals surface area contributed by atoms with Crippen molar-refractivity contribution < 1.29 is 19.4 Å². The lowest BCUT2D eigenvalue weighted by Gasteiger charge is -2.30. The molecule has 1 aliphatic heterocycles. The van der Waals surface area contributed by atoms with Crippen molar-refractivity contribution in [3.05, 3.63) is 29.3 Å². The van der Waals surface area contributed by atoms with Crippen LogP contribution in [0.3, 0.4) is 0 Å². The molecule has 1 fully saturated rings.